The van der Waals surface area contributed by atoms with E-state index >= 15 is 0 Å². The highest BCUT2D eigenvalue weighted by molar-refractivity contribution is 7.16. The van der Waals surface area contributed by atoms with Crippen LogP contribution in [0.25, 0.3) is 10.2 Å². The number of rotatable bonds is 3. The molecule has 0 atom stereocenters. The van der Waals surface area contributed by atoms with E-state index in [1.54, 1.807) is 0 Å². The van der Waals surface area contributed by atoms with E-state index < -0.39 is 41.8 Å². The summed E-state index contributed by atoms with van der Waals surface area (Å²) in [7, 11) is 0. The number of aliphatic carboxylic acids is 1. The molecule has 3 aromatic rings. The van der Waals surface area contributed by atoms with Crippen molar-refractivity contribution in [2.24, 2.45) is 4.99 Å². The van der Waals surface area contributed by atoms with Crippen molar-refractivity contribution in [1.82, 2.24) is 4.57 Å². The summed E-state index contributed by atoms with van der Waals surface area (Å²) < 4.78 is 66.7. The van der Waals surface area contributed by atoms with Gasteiger partial charge in [-0.15, -0.1) is 0 Å². The third-order valence-electron chi connectivity index (χ3n) is 3.63. The molecule has 5 nitrogen and oxygen atoms in total. The molecule has 0 aliphatic rings. The van der Waals surface area contributed by atoms with Crippen molar-refractivity contribution in [1.29, 1.82) is 0 Å². The van der Waals surface area contributed by atoms with Gasteiger partial charge in [-0.1, -0.05) is 17.4 Å². The summed E-state index contributed by atoms with van der Waals surface area (Å²) in [5.74, 6) is -4.39. The number of carboxylic acid groups (broad SMARTS) is 1. The minimum Gasteiger partial charge on any atom is -0.480 e. The summed E-state index contributed by atoms with van der Waals surface area (Å²) in [4.78, 5) is 26.7. The van der Waals surface area contributed by atoms with Crippen LogP contribution in [0.4, 0.5) is 22.0 Å². The molecule has 0 bridgehead atoms. The normalized spacial score (nSPS) is 12.5. The fourth-order valence-corrected chi connectivity index (χ4v) is 3.46. The molecule has 0 aliphatic carbocycles. The Kier molecular flexibility index (Phi) is 5.02. The van der Waals surface area contributed by atoms with E-state index in [0.29, 0.717) is 23.5 Å². The van der Waals surface area contributed by atoms with E-state index in [1.165, 1.54) is 0 Å². The summed E-state index contributed by atoms with van der Waals surface area (Å²) in [6, 6.07) is 4.97. The Labute approximate surface area is 157 Å². The number of hydrogen-bond acceptors (Lipinski definition) is 3. The molecule has 3 rings (SSSR count). The number of carbonyl (C=O) groups excluding carboxylic acids is 1. The summed E-state index contributed by atoms with van der Waals surface area (Å²) in [5.41, 5.74) is -1.59. The number of thiazole rings is 1. The van der Waals surface area contributed by atoms with Crippen molar-refractivity contribution in [3.63, 3.8) is 0 Å². The zero-order valence-corrected chi connectivity index (χ0v) is 14.4. The second-order valence-electron chi connectivity index (χ2n) is 5.60. The number of carboxylic acids is 1. The van der Waals surface area contributed by atoms with Gasteiger partial charge in [0.05, 0.1) is 15.8 Å². The lowest BCUT2D eigenvalue weighted by Gasteiger charge is -2.06. The molecule has 0 aliphatic heterocycles. The highest BCUT2D eigenvalue weighted by atomic mass is 32.1. The summed E-state index contributed by atoms with van der Waals surface area (Å²) in [5, 5.41) is 9.03. The van der Waals surface area contributed by atoms with E-state index in [1.807, 2.05) is 0 Å². The maximum Gasteiger partial charge on any atom is 0.416 e. The highest BCUT2D eigenvalue weighted by Crippen LogP contribution is 2.29. The van der Waals surface area contributed by atoms with E-state index in [4.69, 9.17) is 5.11 Å². The number of carbonyl (C=O) groups is 2. The van der Waals surface area contributed by atoms with Gasteiger partial charge >= 0.3 is 12.1 Å². The Morgan fingerprint density at radius 1 is 1.14 bits per heavy atom. The molecule has 28 heavy (non-hydrogen) atoms. The average Bonchev–Trinajstić information content (AvgIpc) is 2.91. The van der Waals surface area contributed by atoms with Crippen LogP contribution in [0, 0.1) is 11.6 Å². The van der Waals surface area contributed by atoms with Crippen molar-refractivity contribution < 1.29 is 36.6 Å². The number of halogens is 5. The zero-order chi connectivity index (χ0) is 20.6. The van der Waals surface area contributed by atoms with Crippen molar-refractivity contribution in [3.8, 4) is 0 Å². The fraction of sp³-hybridized carbons (Fsp3) is 0.118. The Morgan fingerprint density at radius 3 is 2.50 bits per heavy atom. The van der Waals surface area contributed by atoms with E-state index in [0.717, 1.165) is 28.8 Å². The first-order chi connectivity index (χ1) is 13.1. The minimum atomic E-state index is -4.67. The molecule has 1 amide bonds. The van der Waals surface area contributed by atoms with Crippen LogP contribution >= 0.6 is 11.3 Å². The molecular weight excluding hydrogens is 407 g/mol. The first-order valence-electron chi connectivity index (χ1n) is 7.53. The number of amides is 1. The van der Waals surface area contributed by atoms with Crippen LogP contribution < -0.4 is 4.80 Å². The van der Waals surface area contributed by atoms with Gasteiger partial charge in [-0.2, -0.15) is 18.2 Å². The Hall–Kier alpha value is -3.08. The maximum absolute atomic E-state index is 14.0. The van der Waals surface area contributed by atoms with Crippen LogP contribution in [0.5, 0.6) is 0 Å². The molecule has 1 N–H and O–H groups in total. The number of aromatic nitrogens is 1. The number of nitrogens with zero attached hydrogens (tertiary/aromatic N) is 2. The van der Waals surface area contributed by atoms with E-state index in [-0.39, 0.29) is 20.6 Å². The SMILES string of the molecule is O=C(O)Cn1/c(=N/C(=O)c2cccc(C(F)(F)F)c2)sc2c(F)cc(F)cc21. The molecule has 0 saturated heterocycles. The second kappa shape index (κ2) is 7.15. The number of benzene rings is 2. The highest BCUT2D eigenvalue weighted by Gasteiger charge is 2.30. The van der Waals surface area contributed by atoms with Crippen LogP contribution in [-0.4, -0.2) is 21.6 Å². The lowest BCUT2D eigenvalue weighted by molar-refractivity contribution is -0.138. The van der Waals surface area contributed by atoms with Gasteiger partial charge < -0.3 is 9.67 Å². The summed E-state index contributed by atoms with van der Waals surface area (Å²) >= 11 is 0.582. The molecule has 1 aromatic heterocycles. The van der Waals surface area contributed by atoms with Gasteiger partial charge in [0.25, 0.3) is 5.91 Å². The molecular formula is C17H9F5N2O3S. The van der Waals surface area contributed by atoms with Gasteiger partial charge in [0.15, 0.2) is 4.80 Å². The third kappa shape index (κ3) is 3.93. The van der Waals surface area contributed by atoms with Gasteiger partial charge in [-0.3, -0.25) is 9.59 Å². The number of alkyl halides is 3. The van der Waals surface area contributed by atoms with Gasteiger partial charge in [-0.25, -0.2) is 8.78 Å². The number of hydrogen-bond donors (Lipinski definition) is 1. The van der Waals surface area contributed by atoms with Crippen molar-refractivity contribution in [2.45, 2.75) is 12.7 Å². The number of fused-ring (bicyclic) bond motifs is 1. The average molecular weight is 416 g/mol. The predicted molar refractivity (Wildman–Crippen MR) is 88.7 cm³/mol. The molecule has 11 heteroatoms. The lowest BCUT2D eigenvalue weighted by Crippen LogP contribution is -2.21. The largest absolute Gasteiger partial charge is 0.480 e. The van der Waals surface area contributed by atoms with E-state index in [9.17, 15) is 31.5 Å². The molecule has 146 valence electrons. The van der Waals surface area contributed by atoms with Crippen LogP contribution in [0.1, 0.15) is 15.9 Å². The predicted octanol–water partition coefficient (Wildman–Crippen LogP) is 3.83. The maximum atomic E-state index is 14.0. The summed E-state index contributed by atoms with van der Waals surface area (Å²) in [6.07, 6.45) is -4.67. The fourth-order valence-electron chi connectivity index (χ4n) is 2.45. The van der Waals surface area contributed by atoms with Crippen LogP contribution in [0.15, 0.2) is 41.4 Å². The van der Waals surface area contributed by atoms with Crippen LogP contribution in [-0.2, 0) is 17.5 Å². The molecule has 0 fully saturated rings. The molecule has 0 saturated carbocycles. The monoisotopic (exact) mass is 416 g/mol. The van der Waals surface area contributed by atoms with Gasteiger partial charge in [0.2, 0.25) is 0 Å². The van der Waals surface area contributed by atoms with Crippen molar-refractivity contribution in [2.75, 3.05) is 0 Å². The van der Waals surface area contributed by atoms with E-state index in [2.05, 4.69) is 4.99 Å². The molecule has 0 unspecified atom stereocenters. The van der Waals surface area contributed by atoms with Crippen LogP contribution in [0.3, 0.4) is 0 Å². The molecule has 0 radical (unpaired) electrons. The Bertz CT molecular complexity index is 1160. The van der Waals surface area contributed by atoms with Crippen LogP contribution in [0.2, 0.25) is 0 Å². The first kappa shape index (κ1) is 19.7. The zero-order valence-electron chi connectivity index (χ0n) is 13.6. The Balaban J connectivity index is 2.17. The summed E-state index contributed by atoms with van der Waals surface area (Å²) in [6.45, 7) is -0.752. The molecule has 0 spiro atoms. The molecule has 2 aromatic carbocycles. The minimum absolute atomic E-state index is 0.138. The van der Waals surface area contributed by atoms with Gasteiger partial charge in [-0.05, 0) is 24.3 Å². The molecule has 1 heterocycles. The lowest BCUT2D eigenvalue weighted by atomic mass is 10.1. The Morgan fingerprint density at radius 2 is 1.86 bits per heavy atom. The quantitative estimate of drug-likeness (QED) is 0.660. The smallest absolute Gasteiger partial charge is 0.416 e. The van der Waals surface area contributed by atoms with Gasteiger partial charge in [0, 0.05) is 11.6 Å². The topological polar surface area (TPSA) is 71.7 Å². The first-order valence-corrected chi connectivity index (χ1v) is 8.34. The third-order valence-corrected chi connectivity index (χ3v) is 4.73. The second-order valence-corrected chi connectivity index (χ2v) is 6.57. The van der Waals surface area contributed by atoms with Crippen molar-refractivity contribution >= 4 is 33.4 Å². The standard InChI is InChI=1S/C17H9F5N2O3S/c18-10-5-11(19)14-12(6-10)24(7-13(25)26)16(28-14)23-15(27)8-2-1-3-9(4-8)17(20,21)22/h1-6H,7H2,(H,25,26)/b23-16-. The van der Waals surface area contributed by atoms with Crippen molar-refractivity contribution in [3.05, 3.63) is 64.0 Å². The van der Waals surface area contributed by atoms with Gasteiger partial charge in [0.1, 0.15) is 18.2 Å².